The number of rotatable bonds is 3. The van der Waals surface area contributed by atoms with Crippen molar-refractivity contribution in [1.82, 2.24) is 19.8 Å². The number of fused-ring (bicyclic) bond motifs is 6. The molecule has 0 unspecified atom stereocenters. The summed E-state index contributed by atoms with van der Waals surface area (Å²) in [5.41, 5.74) is 7.45. The Bertz CT molecular complexity index is 2100. The lowest BCUT2D eigenvalue weighted by atomic mass is 9.98. The van der Waals surface area contributed by atoms with E-state index in [0.29, 0.717) is 54.6 Å². The average molecular weight is 654 g/mol. The van der Waals surface area contributed by atoms with Crippen molar-refractivity contribution in [2.45, 2.75) is 53.1 Å². The van der Waals surface area contributed by atoms with Crippen molar-refractivity contribution in [3.63, 3.8) is 0 Å². The highest BCUT2D eigenvalue weighted by Gasteiger charge is 2.29. The number of aromatic nitrogens is 2. The molecule has 0 saturated carbocycles. The number of hydrogen-bond acceptors (Lipinski definition) is 7. The number of carbonyl (C=O) groups excluding carboxylic acids is 2. The maximum Gasteiger partial charge on any atom is 0.268 e. The van der Waals surface area contributed by atoms with Gasteiger partial charge in [0.25, 0.3) is 11.8 Å². The van der Waals surface area contributed by atoms with Crippen LogP contribution in [0.5, 0.6) is 0 Å². The molecule has 11 nitrogen and oxygen atoms in total. The van der Waals surface area contributed by atoms with Gasteiger partial charge in [0.2, 0.25) is 0 Å². The summed E-state index contributed by atoms with van der Waals surface area (Å²) < 4.78 is 27.8. The van der Waals surface area contributed by atoms with Gasteiger partial charge < -0.3 is 24.7 Å². The van der Waals surface area contributed by atoms with Crippen molar-refractivity contribution < 1.29 is 18.0 Å². The molecule has 2 aromatic carbocycles. The molecule has 3 aliphatic heterocycles. The fourth-order valence-corrected chi connectivity index (χ4v) is 8.24. The zero-order valence-corrected chi connectivity index (χ0v) is 27.8. The predicted molar refractivity (Wildman–Crippen MR) is 181 cm³/mol. The molecule has 0 bridgehead atoms. The molecule has 2 aromatic heterocycles. The van der Waals surface area contributed by atoms with Crippen LogP contribution in [0.3, 0.4) is 0 Å². The first kappa shape index (κ1) is 32.1. The summed E-state index contributed by atoms with van der Waals surface area (Å²) >= 11 is 0. The number of nitrogens with one attached hydrogen (secondary N) is 2. The second-order valence-electron chi connectivity index (χ2n) is 13.0. The van der Waals surface area contributed by atoms with Crippen LogP contribution >= 0.6 is 0 Å². The van der Waals surface area contributed by atoms with Crippen LogP contribution in [-0.2, 0) is 29.3 Å². The highest BCUT2D eigenvalue weighted by atomic mass is 32.2. The van der Waals surface area contributed by atoms with Gasteiger partial charge in [0.05, 0.1) is 51.5 Å². The Morgan fingerprint density at radius 3 is 2.13 bits per heavy atom. The van der Waals surface area contributed by atoms with E-state index in [2.05, 4.69) is 41.2 Å². The zero-order chi connectivity index (χ0) is 33.5. The van der Waals surface area contributed by atoms with Crippen LogP contribution < -0.4 is 15.5 Å². The smallest absolute Gasteiger partial charge is 0.268 e. The lowest BCUT2D eigenvalue weighted by molar-refractivity contribution is 0.0943. The largest absolute Gasteiger partial charge is 0.368 e. The van der Waals surface area contributed by atoms with Crippen LogP contribution in [0.15, 0.2) is 30.3 Å². The van der Waals surface area contributed by atoms with Crippen LogP contribution in [-0.4, -0.2) is 67.1 Å². The molecule has 0 spiro atoms. The molecule has 47 heavy (non-hydrogen) atoms. The van der Waals surface area contributed by atoms with Gasteiger partial charge in [-0.25, -0.2) is 8.42 Å². The number of aryl methyl sites for hydroxylation is 3. The van der Waals surface area contributed by atoms with Gasteiger partial charge in [0, 0.05) is 50.0 Å². The fourth-order valence-electron chi connectivity index (χ4n) is 7.04. The normalized spacial score (nSPS) is 17.4. The molecule has 3 aliphatic rings. The summed E-state index contributed by atoms with van der Waals surface area (Å²) in [5, 5.41) is 26.4. The third-order valence-corrected chi connectivity index (χ3v) is 10.8. The van der Waals surface area contributed by atoms with Crippen molar-refractivity contribution in [2.24, 2.45) is 5.92 Å². The topological polar surface area (TPSA) is 153 Å². The fraction of sp³-hybridized carbons (Fsp3) is 0.429. The number of carbonyl (C=O) groups is 2. The number of nitriles is 2. The Morgan fingerprint density at radius 2 is 1.47 bits per heavy atom. The van der Waals surface area contributed by atoms with Crippen molar-refractivity contribution in [1.29, 1.82) is 10.5 Å². The van der Waals surface area contributed by atoms with E-state index in [-0.39, 0.29) is 23.3 Å². The lowest BCUT2D eigenvalue weighted by Crippen LogP contribution is -2.40. The quantitative estimate of drug-likeness (QED) is 0.339. The molecular formula is C35H39N7O4S. The number of amides is 2. The maximum absolute atomic E-state index is 12.5. The highest BCUT2D eigenvalue weighted by molar-refractivity contribution is 7.91. The van der Waals surface area contributed by atoms with Crippen LogP contribution in [0, 0.1) is 35.5 Å². The first-order valence-electron chi connectivity index (χ1n) is 16.2. The van der Waals surface area contributed by atoms with Crippen LogP contribution in [0.4, 0.5) is 5.69 Å². The first-order chi connectivity index (χ1) is 22.5. The van der Waals surface area contributed by atoms with Crippen LogP contribution in [0.2, 0.25) is 0 Å². The lowest BCUT2D eigenvalue weighted by Gasteiger charge is -2.30. The number of sulfone groups is 1. The van der Waals surface area contributed by atoms with Gasteiger partial charge >= 0.3 is 0 Å². The van der Waals surface area contributed by atoms with Gasteiger partial charge in [-0.05, 0) is 73.6 Å². The van der Waals surface area contributed by atoms with E-state index in [4.69, 9.17) is 0 Å². The van der Waals surface area contributed by atoms with Gasteiger partial charge in [0.1, 0.15) is 11.4 Å². The summed E-state index contributed by atoms with van der Waals surface area (Å²) in [6.07, 6.45) is 2.68. The maximum atomic E-state index is 12.5. The molecule has 244 valence electrons. The summed E-state index contributed by atoms with van der Waals surface area (Å²) in [6, 6.07) is 13.8. The molecule has 0 aliphatic carbocycles. The average Bonchev–Trinajstić information content (AvgIpc) is 3.39. The Balaban J connectivity index is 0.000000168. The third-order valence-electron chi connectivity index (χ3n) is 9.17. The van der Waals surface area contributed by atoms with Crippen LogP contribution in [0.1, 0.15) is 69.9 Å². The molecule has 4 aromatic rings. The summed E-state index contributed by atoms with van der Waals surface area (Å²) in [4.78, 5) is 26.7. The van der Waals surface area contributed by atoms with Gasteiger partial charge in [-0.1, -0.05) is 13.8 Å². The van der Waals surface area contributed by atoms with Crippen molar-refractivity contribution in [3.05, 3.63) is 64.0 Å². The van der Waals surface area contributed by atoms with E-state index >= 15 is 0 Å². The zero-order valence-electron chi connectivity index (χ0n) is 27.0. The second-order valence-corrected chi connectivity index (χ2v) is 15.3. The summed E-state index contributed by atoms with van der Waals surface area (Å²) in [7, 11) is -3.00. The molecule has 12 heteroatoms. The van der Waals surface area contributed by atoms with E-state index in [1.54, 1.807) is 0 Å². The van der Waals surface area contributed by atoms with Crippen molar-refractivity contribution in [3.8, 4) is 12.1 Å². The van der Waals surface area contributed by atoms with E-state index in [1.807, 2.05) is 46.7 Å². The monoisotopic (exact) mass is 653 g/mol. The Kier molecular flexibility index (Phi) is 8.73. The molecule has 5 heterocycles. The molecule has 2 amide bonds. The molecule has 1 fully saturated rings. The van der Waals surface area contributed by atoms with Gasteiger partial charge in [0.15, 0.2) is 9.84 Å². The van der Waals surface area contributed by atoms with Gasteiger partial charge in [-0.3, -0.25) is 9.59 Å². The molecule has 1 saturated heterocycles. The Labute approximate surface area is 274 Å². The van der Waals surface area contributed by atoms with Crippen molar-refractivity contribution >= 4 is 49.1 Å². The number of benzene rings is 2. The first-order valence-corrected chi connectivity index (χ1v) is 18.0. The number of anilines is 1. The molecule has 2 N–H and O–H groups in total. The van der Waals surface area contributed by atoms with E-state index < -0.39 is 9.84 Å². The predicted octanol–water partition coefficient (Wildman–Crippen LogP) is 4.03. The third kappa shape index (κ3) is 6.18. The molecule has 0 radical (unpaired) electrons. The van der Waals surface area contributed by atoms with E-state index in [1.165, 1.54) is 5.56 Å². The minimum absolute atomic E-state index is 0.0160. The second kappa shape index (κ2) is 12.8. The molecule has 7 rings (SSSR count). The van der Waals surface area contributed by atoms with Crippen LogP contribution in [0.25, 0.3) is 21.8 Å². The Hall–Kier alpha value is -4.81. The van der Waals surface area contributed by atoms with E-state index in [0.717, 1.165) is 65.4 Å². The van der Waals surface area contributed by atoms with E-state index in [9.17, 15) is 28.5 Å². The number of hydrogen-bond donors (Lipinski definition) is 2. The number of nitrogens with zero attached hydrogens (tertiary/aromatic N) is 5. The minimum Gasteiger partial charge on any atom is -0.368 e. The SMILES string of the molecule is CC(C)Cc1cc(C#N)cc2cc3n(c12)CCCNC3=O.Cc1c2n(c3c(N4CCS(=O)(=O)CC4)cc(C#N)cc13)CCCNC2=O. The highest BCUT2D eigenvalue weighted by Crippen LogP contribution is 2.36. The molecular weight excluding hydrogens is 614 g/mol. The Morgan fingerprint density at radius 1 is 0.830 bits per heavy atom. The van der Waals surface area contributed by atoms with Gasteiger partial charge in [-0.15, -0.1) is 0 Å². The summed E-state index contributed by atoms with van der Waals surface area (Å²) in [6.45, 7) is 9.96. The summed E-state index contributed by atoms with van der Waals surface area (Å²) in [5.74, 6) is 0.615. The van der Waals surface area contributed by atoms with Crippen molar-refractivity contribution in [2.75, 3.05) is 42.6 Å². The molecule has 0 atom stereocenters. The standard InChI is InChI=1S/C18H20N4O3S.C17H19N3O/c1-12-14-9-13(11-19)10-15(21-5-7-26(24,25)8-6-21)17(14)22-4-2-3-20-18(23)16(12)22;1-11(2)6-13-7-12(10-18)8-14-9-15-17(21)19-4-3-5-20(15)16(13)14/h9-10H,2-8H2,1H3,(H,20,23);7-9,11H,3-6H2,1-2H3,(H,19,21). The minimum atomic E-state index is -3.00. The van der Waals surface area contributed by atoms with Gasteiger partial charge in [-0.2, -0.15) is 10.5 Å².